The Morgan fingerprint density at radius 3 is 2.45 bits per heavy atom. The minimum absolute atomic E-state index is 0.00228. The summed E-state index contributed by atoms with van der Waals surface area (Å²) < 4.78 is 0.731. The fourth-order valence-electron chi connectivity index (χ4n) is 2.22. The number of hydrogen-bond donors (Lipinski definition) is 0. The molecule has 2 amide bonds. The van der Waals surface area contributed by atoms with Crippen LogP contribution in [0.25, 0.3) is 0 Å². The molecule has 1 unspecified atom stereocenters. The van der Waals surface area contributed by atoms with Crippen LogP contribution in [0.5, 0.6) is 0 Å². The van der Waals surface area contributed by atoms with E-state index in [1.807, 2.05) is 25.7 Å². The molecule has 0 bridgehead atoms. The number of nitrogens with zero attached hydrogens (tertiary/aromatic N) is 4. The second-order valence-corrected chi connectivity index (χ2v) is 7.79. The van der Waals surface area contributed by atoms with E-state index in [1.54, 1.807) is 11.8 Å². The molecule has 6 nitrogen and oxygen atoms in total. The van der Waals surface area contributed by atoms with Crippen LogP contribution in [0.4, 0.5) is 5.13 Å². The Balaban J connectivity index is 2.02. The highest BCUT2D eigenvalue weighted by Gasteiger charge is 2.34. The van der Waals surface area contributed by atoms with Crippen LogP contribution in [-0.2, 0) is 9.59 Å². The zero-order valence-corrected chi connectivity index (χ0v) is 15.0. The molecule has 0 saturated heterocycles. The third-order valence-corrected chi connectivity index (χ3v) is 5.65. The lowest BCUT2D eigenvalue weighted by Gasteiger charge is -2.21. The highest BCUT2D eigenvalue weighted by atomic mass is 32.2. The molecule has 1 aliphatic rings. The number of carbonyl (C=O) groups excluding carboxylic acids is 2. The number of rotatable bonds is 7. The number of carbonyl (C=O) groups is 2. The molecule has 0 aliphatic heterocycles. The SMILES string of the molecule is CCN(CC)C(=O)C(C)Sc1nnc(N(C(C)=O)C2CC2)s1. The molecule has 2 rings (SSSR count). The zero-order valence-electron chi connectivity index (χ0n) is 13.4. The van der Waals surface area contributed by atoms with Crippen LogP contribution in [0.1, 0.15) is 40.5 Å². The summed E-state index contributed by atoms with van der Waals surface area (Å²) in [6.07, 6.45) is 2.05. The topological polar surface area (TPSA) is 66.4 Å². The standard InChI is InChI=1S/C14H22N4O2S2/c1-5-17(6-2)12(20)9(3)21-14-16-15-13(22-14)18(10(4)19)11-7-8-11/h9,11H,5-8H2,1-4H3. The molecule has 1 fully saturated rings. The van der Waals surface area contributed by atoms with Crippen LogP contribution in [0.2, 0.25) is 0 Å². The lowest BCUT2D eigenvalue weighted by molar-refractivity contribution is -0.129. The first-order valence-electron chi connectivity index (χ1n) is 7.56. The molecule has 0 aromatic carbocycles. The van der Waals surface area contributed by atoms with Gasteiger partial charge in [-0.1, -0.05) is 23.1 Å². The maximum Gasteiger partial charge on any atom is 0.235 e. The summed E-state index contributed by atoms with van der Waals surface area (Å²) in [6, 6.07) is 0.276. The van der Waals surface area contributed by atoms with Crippen molar-refractivity contribution in [3.8, 4) is 0 Å². The monoisotopic (exact) mass is 342 g/mol. The van der Waals surface area contributed by atoms with Gasteiger partial charge >= 0.3 is 0 Å². The third kappa shape index (κ3) is 3.98. The van der Waals surface area contributed by atoms with E-state index in [1.165, 1.54) is 23.1 Å². The second-order valence-electron chi connectivity index (χ2n) is 5.24. The lowest BCUT2D eigenvalue weighted by atomic mass is 10.4. The van der Waals surface area contributed by atoms with Crippen LogP contribution in [0, 0.1) is 0 Å². The predicted octanol–water partition coefficient (Wildman–Crippen LogP) is 2.40. The Labute approximate surface area is 139 Å². The van der Waals surface area contributed by atoms with Gasteiger partial charge in [0.1, 0.15) is 0 Å². The van der Waals surface area contributed by atoms with E-state index in [4.69, 9.17) is 0 Å². The first-order chi connectivity index (χ1) is 10.5. The number of aromatic nitrogens is 2. The summed E-state index contributed by atoms with van der Waals surface area (Å²) in [7, 11) is 0. The quantitative estimate of drug-likeness (QED) is 0.562. The molecule has 0 N–H and O–H groups in total. The first kappa shape index (κ1) is 17.2. The van der Waals surface area contributed by atoms with E-state index in [0.29, 0.717) is 18.2 Å². The highest BCUT2D eigenvalue weighted by Crippen LogP contribution is 2.36. The minimum atomic E-state index is -0.201. The molecule has 1 atom stereocenters. The van der Waals surface area contributed by atoms with Gasteiger partial charge in [0.15, 0.2) is 4.34 Å². The van der Waals surface area contributed by atoms with Crippen molar-refractivity contribution in [1.82, 2.24) is 15.1 Å². The van der Waals surface area contributed by atoms with Crippen molar-refractivity contribution in [3.05, 3.63) is 0 Å². The van der Waals surface area contributed by atoms with E-state index in [-0.39, 0.29) is 23.1 Å². The predicted molar refractivity (Wildman–Crippen MR) is 89.3 cm³/mol. The van der Waals surface area contributed by atoms with Gasteiger partial charge in [0, 0.05) is 26.1 Å². The van der Waals surface area contributed by atoms with Gasteiger partial charge in [-0.05, 0) is 33.6 Å². The van der Waals surface area contributed by atoms with Gasteiger partial charge in [-0.2, -0.15) is 0 Å². The second kappa shape index (κ2) is 7.41. The van der Waals surface area contributed by atoms with Gasteiger partial charge < -0.3 is 4.90 Å². The molecule has 1 heterocycles. The van der Waals surface area contributed by atoms with Gasteiger partial charge in [0.05, 0.1) is 5.25 Å². The average molecular weight is 342 g/mol. The number of hydrogen-bond acceptors (Lipinski definition) is 6. The maximum atomic E-state index is 12.3. The van der Waals surface area contributed by atoms with Gasteiger partial charge in [-0.25, -0.2) is 0 Å². The summed E-state index contributed by atoms with van der Waals surface area (Å²) in [5.41, 5.74) is 0. The summed E-state index contributed by atoms with van der Waals surface area (Å²) >= 11 is 2.79. The van der Waals surface area contributed by atoms with E-state index in [0.717, 1.165) is 17.2 Å². The molecular formula is C14H22N4O2S2. The van der Waals surface area contributed by atoms with Crippen LogP contribution in [0.3, 0.4) is 0 Å². The third-order valence-electron chi connectivity index (χ3n) is 3.55. The van der Waals surface area contributed by atoms with Crippen molar-refractivity contribution in [3.63, 3.8) is 0 Å². The molecule has 0 radical (unpaired) electrons. The highest BCUT2D eigenvalue weighted by molar-refractivity contribution is 8.02. The van der Waals surface area contributed by atoms with Gasteiger partial charge in [0.25, 0.3) is 0 Å². The number of amides is 2. The fourth-order valence-corrected chi connectivity index (χ4v) is 4.41. The Bertz CT molecular complexity index is 541. The Morgan fingerprint density at radius 2 is 1.95 bits per heavy atom. The Hall–Kier alpha value is -1.15. The molecule has 1 saturated carbocycles. The largest absolute Gasteiger partial charge is 0.342 e. The van der Waals surface area contributed by atoms with Gasteiger partial charge in [0.2, 0.25) is 16.9 Å². The van der Waals surface area contributed by atoms with Crippen molar-refractivity contribution < 1.29 is 9.59 Å². The fraction of sp³-hybridized carbons (Fsp3) is 0.714. The lowest BCUT2D eigenvalue weighted by Crippen LogP contribution is -2.36. The average Bonchev–Trinajstić information content (AvgIpc) is 3.20. The van der Waals surface area contributed by atoms with Crippen molar-refractivity contribution in [2.75, 3.05) is 18.0 Å². The van der Waals surface area contributed by atoms with E-state index < -0.39 is 0 Å². The van der Waals surface area contributed by atoms with Crippen LogP contribution in [-0.4, -0.2) is 51.3 Å². The van der Waals surface area contributed by atoms with Crippen LogP contribution in [0.15, 0.2) is 4.34 Å². The van der Waals surface area contributed by atoms with Crippen molar-refractivity contribution in [1.29, 1.82) is 0 Å². The van der Waals surface area contributed by atoms with Gasteiger partial charge in [-0.3, -0.25) is 14.5 Å². The first-order valence-corrected chi connectivity index (χ1v) is 9.26. The Kier molecular flexibility index (Phi) is 5.80. The molecule has 1 aromatic rings. The van der Waals surface area contributed by atoms with Crippen molar-refractivity contribution >= 4 is 40.0 Å². The van der Waals surface area contributed by atoms with Gasteiger partial charge in [-0.15, -0.1) is 10.2 Å². The zero-order chi connectivity index (χ0) is 16.3. The molecule has 122 valence electrons. The minimum Gasteiger partial charge on any atom is -0.342 e. The molecule has 1 aliphatic carbocycles. The van der Waals surface area contributed by atoms with Crippen LogP contribution >= 0.6 is 23.1 Å². The molecular weight excluding hydrogens is 320 g/mol. The number of anilines is 1. The molecule has 0 spiro atoms. The van der Waals surface area contributed by atoms with Crippen molar-refractivity contribution in [2.24, 2.45) is 0 Å². The van der Waals surface area contributed by atoms with E-state index >= 15 is 0 Å². The van der Waals surface area contributed by atoms with E-state index in [9.17, 15) is 9.59 Å². The van der Waals surface area contributed by atoms with Crippen LogP contribution < -0.4 is 4.90 Å². The number of thioether (sulfide) groups is 1. The van der Waals surface area contributed by atoms with E-state index in [2.05, 4.69) is 10.2 Å². The summed E-state index contributed by atoms with van der Waals surface area (Å²) in [5.74, 6) is 0.111. The normalized spacial score (nSPS) is 15.5. The maximum absolute atomic E-state index is 12.3. The summed E-state index contributed by atoms with van der Waals surface area (Å²) in [6.45, 7) is 8.81. The molecule has 22 heavy (non-hydrogen) atoms. The smallest absolute Gasteiger partial charge is 0.235 e. The molecule has 1 aromatic heterocycles. The van der Waals surface area contributed by atoms with Crippen molar-refractivity contribution in [2.45, 2.75) is 56.2 Å². The summed E-state index contributed by atoms with van der Waals surface area (Å²) in [5, 5.41) is 8.69. The Morgan fingerprint density at radius 1 is 1.32 bits per heavy atom. The molecule has 8 heteroatoms. The summed E-state index contributed by atoms with van der Waals surface area (Å²) in [4.78, 5) is 27.5.